The second-order valence-corrected chi connectivity index (χ2v) is 5.09. The van der Waals surface area contributed by atoms with Crippen LogP contribution >= 0.6 is 0 Å². The number of hydrogen-bond acceptors (Lipinski definition) is 3. The number of amides is 2. The SMILES string of the molecule is CCOC(=O)C1CCCN(C(=O)Nc2ccc(F)cc2F)C1. The summed E-state index contributed by atoms with van der Waals surface area (Å²) in [5.41, 5.74) is -0.0929. The maximum Gasteiger partial charge on any atom is 0.321 e. The average Bonchev–Trinajstić information content (AvgIpc) is 2.50. The van der Waals surface area contributed by atoms with E-state index in [-0.39, 0.29) is 24.1 Å². The highest BCUT2D eigenvalue weighted by molar-refractivity contribution is 5.90. The summed E-state index contributed by atoms with van der Waals surface area (Å²) in [6.45, 7) is 2.73. The van der Waals surface area contributed by atoms with Crippen LogP contribution in [0.4, 0.5) is 19.3 Å². The summed E-state index contributed by atoms with van der Waals surface area (Å²) in [6, 6.07) is 2.42. The highest BCUT2D eigenvalue weighted by atomic mass is 19.1. The first-order chi connectivity index (χ1) is 10.5. The highest BCUT2D eigenvalue weighted by Crippen LogP contribution is 2.20. The molecule has 0 bridgehead atoms. The number of likely N-dealkylation sites (tertiary alicyclic amines) is 1. The van der Waals surface area contributed by atoms with Gasteiger partial charge in [0.1, 0.15) is 11.6 Å². The van der Waals surface area contributed by atoms with Crippen LogP contribution in [-0.2, 0) is 9.53 Å². The number of esters is 1. The van der Waals surface area contributed by atoms with E-state index in [0.717, 1.165) is 12.1 Å². The van der Waals surface area contributed by atoms with Gasteiger partial charge in [0.05, 0.1) is 18.2 Å². The molecule has 2 rings (SSSR count). The van der Waals surface area contributed by atoms with Crippen LogP contribution in [0.5, 0.6) is 0 Å². The lowest BCUT2D eigenvalue weighted by Crippen LogP contribution is -2.44. The van der Waals surface area contributed by atoms with Crippen molar-refractivity contribution in [3.8, 4) is 0 Å². The number of ether oxygens (including phenoxy) is 1. The summed E-state index contributed by atoms with van der Waals surface area (Å²) in [7, 11) is 0. The number of anilines is 1. The summed E-state index contributed by atoms with van der Waals surface area (Å²) in [5, 5.41) is 2.39. The van der Waals surface area contributed by atoms with Crippen molar-refractivity contribution >= 4 is 17.7 Å². The zero-order valence-corrected chi connectivity index (χ0v) is 12.3. The van der Waals surface area contributed by atoms with E-state index in [4.69, 9.17) is 4.74 Å². The average molecular weight is 312 g/mol. The Balaban J connectivity index is 1.98. The Morgan fingerprint density at radius 1 is 1.41 bits per heavy atom. The Morgan fingerprint density at radius 3 is 2.86 bits per heavy atom. The zero-order valence-electron chi connectivity index (χ0n) is 12.3. The molecule has 1 heterocycles. The number of urea groups is 1. The molecule has 1 N–H and O–H groups in total. The molecule has 120 valence electrons. The normalized spacial score (nSPS) is 18.0. The standard InChI is InChI=1S/C15H18F2N2O3/c1-2-22-14(20)10-4-3-7-19(9-10)15(21)18-13-6-5-11(16)8-12(13)17/h5-6,8,10H,2-4,7,9H2,1H3,(H,18,21). The lowest BCUT2D eigenvalue weighted by atomic mass is 9.98. The van der Waals surface area contributed by atoms with Gasteiger partial charge in [-0.05, 0) is 31.9 Å². The predicted molar refractivity (Wildman–Crippen MR) is 76.3 cm³/mol. The first-order valence-electron chi connectivity index (χ1n) is 7.19. The second kappa shape index (κ2) is 7.20. The molecule has 1 atom stereocenters. The fourth-order valence-electron chi connectivity index (χ4n) is 2.40. The third kappa shape index (κ3) is 3.93. The number of halogens is 2. The van der Waals surface area contributed by atoms with Crippen molar-refractivity contribution in [2.45, 2.75) is 19.8 Å². The van der Waals surface area contributed by atoms with Gasteiger partial charge in [0.2, 0.25) is 0 Å². The molecule has 1 unspecified atom stereocenters. The summed E-state index contributed by atoms with van der Waals surface area (Å²) in [6.07, 6.45) is 1.33. The quantitative estimate of drug-likeness (QED) is 0.873. The summed E-state index contributed by atoms with van der Waals surface area (Å²) in [5.74, 6) is -2.24. The lowest BCUT2D eigenvalue weighted by molar-refractivity contribution is -0.149. The van der Waals surface area contributed by atoms with Crippen LogP contribution in [0.3, 0.4) is 0 Å². The van der Waals surface area contributed by atoms with Gasteiger partial charge < -0.3 is 15.0 Å². The van der Waals surface area contributed by atoms with Crippen LogP contribution in [0.15, 0.2) is 18.2 Å². The van der Waals surface area contributed by atoms with Gasteiger partial charge in [0, 0.05) is 19.2 Å². The van der Waals surface area contributed by atoms with E-state index in [2.05, 4.69) is 5.32 Å². The molecule has 1 aliphatic rings. The van der Waals surface area contributed by atoms with Crippen molar-refractivity contribution in [3.63, 3.8) is 0 Å². The van der Waals surface area contributed by atoms with Crippen molar-refractivity contribution in [2.75, 3.05) is 25.0 Å². The molecule has 1 aromatic rings. The van der Waals surface area contributed by atoms with Crippen molar-refractivity contribution in [2.24, 2.45) is 5.92 Å². The van der Waals surface area contributed by atoms with Crippen LogP contribution in [0.25, 0.3) is 0 Å². The van der Waals surface area contributed by atoms with Gasteiger partial charge in [0.25, 0.3) is 0 Å². The fourth-order valence-corrected chi connectivity index (χ4v) is 2.40. The van der Waals surface area contributed by atoms with E-state index in [1.54, 1.807) is 6.92 Å². The molecule has 0 radical (unpaired) electrons. The third-order valence-electron chi connectivity index (χ3n) is 3.50. The molecular weight excluding hydrogens is 294 g/mol. The van der Waals surface area contributed by atoms with E-state index >= 15 is 0 Å². The topological polar surface area (TPSA) is 58.6 Å². The summed E-state index contributed by atoms with van der Waals surface area (Å²) in [4.78, 5) is 25.3. The number of nitrogens with one attached hydrogen (secondary N) is 1. The molecule has 0 aliphatic carbocycles. The fraction of sp³-hybridized carbons (Fsp3) is 0.467. The Labute approximate surface area is 127 Å². The van der Waals surface area contributed by atoms with E-state index in [9.17, 15) is 18.4 Å². The molecule has 1 aromatic carbocycles. The van der Waals surface area contributed by atoms with Gasteiger partial charge >= 0.3 is 12.0 Å². The number of nitrogens with zero attached hydrogens (tertiary/aromatic N) is 1. The molecule has 7 heteroatoms. The van der Waals surface area contributed by atoms with Crippen LogP contribution in [-0.4, -0.2) is 36.6 Å². The van der Waals surface area contributed by atoms with Gasteiger partial charge in [-0.1, -0.05) is 0 Å². The Morgan fingerprint density at radius 2 is 2.18 bits per heavy atom. The van der Waals surface area contributed by atoms with Crippen LogP contribution in [0, 0.1) is 17.6 Å². The zero-order chi connectivity index (χ0) is 16.1. The van der Waals surface area contributed by atoms with Crippen molar-refractivity contribution < 1.29 is 23.1 Å². The van der Waals surface area contributed by atoms with Crippen molar-refractivity contribution in [3.05, 3.63) is 29.8 Å². The number of benzene rings is 1. The Bertz CT molecular complexity index is 566. The maximum atomic E-state index is 13.5. The maximum absolute atomic E-state index is 13.5. The van der Waals surface area contributed by atoms with E-state index in [0.29, 0.717) is 32.1 Å². The number of rotatable bonds is 3. The molecule has 5 nitrogen and oxygen atoms in total. The van der Waals surface area contributed by atoms with Crippen LogP contribution in [0.1, 0.15) is 19.8 Å². The summed E-state index contributed by atoms with van der Waals surface area (Å²) < 4.78 is 31.3. The smallest absolute Gasteiger partial charge is 0.321 e. The number of carbonyl (C=O) groups is 2. The minimum Gasteiger partial charge on any atom is -0.466 e. The van der Waals surface area contributed by atoms with Gasteiger partial charge in [-0.2, -0.15) is 0 Å². The van der Waals surface area contributed by atoms with Gasteiger partial charge in [-0.25, -0.2) is 13.6 Å². The predicted octanol–water partition coefficient (Wildman–Crippen LogP) is 2.77. The Kier molecular flexibility index (Phi) is 5.30. The molecule has 2 amide bonds. The number of carbonyl (C=O) groups excluding carboxylic acids is 2. The monoisotopic (exact) mass is 312 g/mol. The van der Waals surface area contributed by atoms with E-state index < -0.39 is 17.7 Å². The molecule has 1 aliphatic heterocycles. The Hall–Kier alpha value is -2.18. The second-order valence-electron chi connectivity index (χ2n) is 5.09. The molecule has 0 saturated carbocycles. The van der Waals surface area contributed by atoms with E-state index in [1.165, 1.54) is 4.90 Å². The lowest BCUT2D eigenvalue weighted by Gasteiger charge is -2.31. The minimum atomic E-state index is -0.840. The summed E-state index contributed by atoms with van der Waals surface area (Å²) >= 11 is 0. The minimum absolute atomic E-state index is 0.0929. The molecule has 0 aromatic heterocycles. The first-order valence-corrected chi connectivity index (χ1v) is 7.19. The molecule has 22 heavy (non-hydrogen) atoms. The van der Waals surface area contributed by atoms with Crippen LogP contribution < -0.4 is 5.32 Å². The first kappa shape index (κ1) is 16.2. The van der Waals surface area contributed by atoms with Crippen LogP contribution in [0.2, 0.25) is 0 Å². The molecule has 1 saturated heterocycles. The van der Waals surface area contributed by atoms with Gasteiger partial charge in [-0.3, -0.25) is 4.79 Å². The third-order valence-corrected chi connectivity index (χ3v) is 3.50. The highest BCUT2D eigenvalue weighted by Gasteiger charge is 2.29. The van der Waals surface area contributed by atoms with Gasteiger partial charge in [-0.15, -0.1) is 0 Å². The van der Waals surface area contributed by atoms with Crippen molar-refractivity contribution in [1.29, 1.82) is 0 Å². The van der Waals surface area contributed by atoms with Gasteiger partial charge in [0.15, 0.2) is 0 Å². The molecule has 1 fully saturated rings. The van der Waals surface area contributed by atoms with Crippen molar-refractivity contribution in [1.82, 2.24) is 4.90 Å². The van der Waals surface area contributed by atoms with E-state index in [1.807, 2.05) is 0 Å². The number of hydrogen-bond donors (Lipinski definition) is 1. The molecular formula is C15H18F2N2O3. The molecule has 0 spiro atoms. The number of piperidine rings is 1. The largest absolute Gasteiger partial charge is 0.466 e.